The third kappa shape index (κ3) is 4.23. The molecule has 1 saturated heterocycles. The smallest absolute Gasteiger partial charge is 0.183 e. The molecule has 1 aliphatic heterocycles. The van der Waals surface area contributed by atoms with Crippen LogP contribution in [0, 0.1) is 0 Å². The predicted octanol–water partition coefficient (Wildman–Crippen LogP) is 2.07. The van der Waals surface area contributed by atoms with Crippen molar-refractivity contribution in [3.63, 3.8) is 0 Å². The average molecular weight is 400 g/mol. The largest absolute Gasteiger partial charge is 0.308 e. The fraction of sp³-hybridized carbons (Fsp3) is 0.294. The van der Waals surface area contributed by atoms with E-state index < -0.39 is 31.0 Å². The number of sulfone groups is 2. The minimum atomic E-state index is -3.78. The molecule has 0 saturated carbocycles. The van der Waals surface area contributed by atoms with Crippen LogP contribution in [0.15, 0.2) is 59.5 Å². The van der Waals surface area contributed by atoms with Gasteiger partial charge in [0.15, 0.2) is 19.7 Å². The van der Waals surface area contributed by atoms with Gasteiger partial charge in [-0.15, -0.1) is 0 Å². The summed E-state index contributed by atoms with van der Waals surface area (Å²) in [6.07, 6.45) is 0. The molecule has 0 spiro atoms. The van der Waals surface area contributed by atoms with Crippen LogP contribution in [0.25, 0.3) is 0 Å². The summed E-state index contributed by atoms with van der Waals surface area (Å²) in [7, 11) is -7.20. The molecule has 1 heterocycles. The normalized spacial score (nSPS) is 22.8. The van der Waals surface area contributed by atoms with Crippen molar-refractivity contribution in [1.29, 1.82) is 0 Å². The van der Waals surface area contributed by atoms with Crippen molar-refractivity contribution in [2.75, 3.05) is 11.5 Å². The first-order valence-electron chi connectivity index (χ1n) is 7.75. The molecule has 5 nitrogen and oxygen atoms in total. The van der Waals surface area contributed by atoms with Gasteiger partial charge in [-0.2, -0.15) is 0 Å². The van der Waals surface area contributed by atoms with Gasteiger partial charge in [0.1, 0.15) is 0 Å². The highest BCUT2D eigenvalue weighted by Gasteiger charge is 2.45. The first kappa shape index (κ1) is 18.4. The summed E-state index contributed by atoms with van der Waals surface area (Å²) in [6.45, 7) is 0.410. The molecule has 25 heavy (non-hydrogen) atoms. The molecule has 0 unspecified atom stereocenters. The van der Waals surface area contributed by atoms with Gasteiger partial charge in [-0.1, -0.05) is 41.9 Å². The van der Waals surface area contributed by atoms with Gasteiger partial charge in [0.25, 0.3) is 0 Å². The molecule has 3 rings (SSSR count). The van der Waals surface area contributed by atoms with Gasteiger partial charge in [-0.3, -0.25) is 0 Å². The van der Waals surface area contributed by atoms with Gasteiger partial charge >= 0.3 is 0 Å². The highest BCUT2D eigenvalue weighted by molar-refractivity contribution is 7.96. The molecule has 0 amide bonds. The molecule has 2 atom stereocenters. The Hall–Kier alpha value is -1.41. The summed E-state index contributed by atoms with van der Waals surface area (Å²) in [4.78, 5) is 0.0884. The van der Waals surface area contributed by atoms with Gasteiger partial charge < -0.3 is 5.32 Å². The molecule has 0 aromatic heterocycles. The van der Waals surface area contributed by atoms with Gasteiger partial charge in [0.05, 0.1) is 21.7 Å². The van der Waals surface area contributed by atoms with E-state index in [1.807, 2.05) is 30.3 Å². The molecule has 0 aliphatic carbocycles. The minimum Gasteiger partial charge on any atom is -0.308 e. The molecule has 2 aromatic carbocycles. The van der Waals surface area contributed by atoms with Crippen LogP contribution in [0.2, 0.25) is 5.02 Å². The summed E-state index contributed by atoms with van der Waals surface area (Å²) in [5.74, 6) is -0.554. The van der Waals surface area contributed by atoms with Crippen molar-refractivity contribution in [3.05, 3.63) is 65.2 Å². The molecule has 1 fully saturated rings. The Labute approximate surface area is 152 Å². The third-order valence-electron chi connectivity index (χ3n) is 4.25. The Kier molecular flexibility index (Phi) is 5.20. The van der Waals surface area contributed by atoms with Crippen LogP contribution >= 0.6 is 11.6 Å². The van der Waals surface area contributed by atoms with E-state index in [1.165, 1.54) is 24.3 Å². The van der Waals surface area contributed by atoms with Crippen molar-refractivity contribution in [3.8, 4) is 0 Å². The highest BCUT2D eigenvalue weighted by atomic mass is 35.5. The zero-order chi connectivity index (χ0) is 18.1. The van der Waals surface area contributed by atoms with Gasteiger partial charge in [-0.05, 0) is 29.8 Å². The Morgan fingerprint density at radius 3 is 2.28 bits per heavy atom. The van der Waals surface area contributed by atoms with Crippen LogP contribution in [0.3, 0.4) is 0 Å². The summed E-state index contributed by atoms with van der Waals surface area (Å²) in [5.41, 5.74) is 0.967. The SMILES string of the molecule is O=S1(=O)C[C@H](NCc2ccccc2)[C@@H](S(=O)(=O)c2ccc(Cl)cc2)C1. The second-order valence-corrected chi connectivity index (χ2v) is 10.8. The molecule has 0 radical (unpaired) electrons. The maximum atomic E-state index is 12.9. The first-order chi connectivity index (χ1) is 11.8. The first-order valence-corrected chi connectivity index (χ1v) is 11.5. The number of halogens is 1. The Morgan fingerprint density at radius 1 is 1.00 bits per heavy atom. The van der Waals surface area contributed by atoms with E-state index in [-0.39, 0.29) is 16.4 Å². The summed E-state index contributed by atoms with van der Waals surface area (Å²) >= 11 is 5.81. The highest BCUT2D eigenvalue weighted by Crippen LogP contribution is 2.27. The van der Waals surface area contributed by atoms with E-state index in [4.69, 9.17) is 11.6 Å². The van der Waals surface area contributed by atoms with Gasteiger partial charge in [0.2, 0.25) is 0 Å². The maximum absolute atomic E-state index is 12.9. The van der Waals surface area contributed by atoms with Gasteiger partial charge in [0, 0.05) is 17.6 Å². The molecule has 8 heteroatoms. The quantitative estimate of drug-likeness (QED) is 0.832. The summed E-state index contributed by atoms with van der Waals surface area (Å²) in [5, 5.41) is 2.52. The Balaban J connectivity index is 1.85. The predicted molar refractivity (Wildman–Crippen MR) is 98.1 cm³/mol. The molecular weight excluding hydrogens is 382 g/mol. The van der Waals surface area contributed by atoms with Crippen LogP contribution in [0.1, 0.15) is 5.56 Å². The number of benzene rings is 2. The lowest BCUT2D eigenvalue weighted by molar-refractivity contribution is 0.526. The lowest BCUT2D eigenvalue weighted by Crippen LogP contribution is -2.43. The van der Waals surface area contributed by atoms with Crippen LogP contribution in [0.4, 0.5) is 0 Å². The summed E-state index contributed by atoms with van der Waals surface area (Å²) in [6, 6.07) is 14.6. The van der Waals surface area contributed by atoms with E-state index in [1.54, 1.807) is 0 Å². The lowest BCUT2D eigenvalue weighted by Gasteiger charge is -2.20. The van der Waals surface area contributed by atoms with Crippen molar-refractivity contribution in [2.45, 2.75) is 22.7 Å². The fourth-order valence-electron chi connectivity index (χ4n) is 2.96. The monoisotopic (exact) mass is 399 g/mol. The average Bonchev–Trinajstić information content (AvgIpc) is 2.90. The fourth-order valence-corrected chi connectivity index (χ4v) is 7.80. The molecule has 1 N–H and O–H groups in total. The van der Waals surface area contributed by atoms with Crippen molar-refractivity contribution in [2.24, 2.45) is 0 Å². The minimum absolute atomic E-state index is 0.0884. The Morgan fingerprint density at radius 2 is 1.64 bits per heavy atom. The third-order valence-corrected chi connectivity index (χ3v) is 8.67. The van der Waals surface area contributed by atoms with Gasteiger partial charge in [-0.25, -0.2) is 16.8 Å². The summed E-state index contributed by atoms with van der Waals surface area (Å²) < 4.78 is 50.0. The Bertz CT molecular complexity index is 942. The van der Waals surface area contributed by atoms with Crippen molar-refractivity contribution < 1.29 is 16.8 Å². The second kappa shape index (κ2) is 7.07. The zero-order valence-corrected chi connectivity index (χ0v) is 15.7. The van der Waals surface area contributed by atoms with Crippen molar-refractivity contribution >= 4 is 31.3 Å². The molecule has 134 valence electrons. The molecule has 2 aromatic rings. The van der Waals surface area contributed by atoms with Crippen LogP contribution in [-0.2, 0) is 26.2 Å². The van der Waals surface area contributed by atoms with E-state index >= 15 is 0 Å². The molecule has 1 aliphatic rings. The van der Waals surface area contributed by atoms with Crippen LogP contribution < -0.4 is 5.32 Å². The van der Waals surface area contributed by atoms with E-state index in [0.29, 0.717) is 11.6 Å². The van der Waals surface area contributed by atoms with Crippen LogP contribution in [0.5, 0.6) is 0 Å². The topological polar surface area (TPSA) is 80.3 Å². The zero-order valence-electron chi connectivity index (χ0n) is 13.3. The number of rotatable bonds is 5. The standard InChI is InChI=1S/C17H18ClNO4S2/c18-14-6-8-15(9-7-14)25(22,23)17-12-24(20,21)11-16(17)19-10-13-4-2-1-3-5-13/h1-9,16-17,19H,10-12H2/t16-,17-/m0/s1. The molecular formula is C17H18ClNO4S2. The van der Waals surface area contributed by atoms with Crippen molar-refractivity contribution in [1.82, 2.24) is 5.32 Å². The second-order valence-electron chi connectivity index (χ2n) is 6.09. The van der Waals surface area contributed by atoms with Crippen LogP contribution in [-0.4, -0.2) is 39.6 Å². The maximum Gasteiger partial charge on any atom is 0.183 e. The van der Waals surface area contributed by atoms with E-state index in [2.05, 4.69) is 5.32 Å². The number of nitrogens with one attached hydrogen (secondary N) is 1. The van der Waals surface area contributed by atoms with E-state index in [0.717, 1.165) is 5.56 Å². The number of hydrogen-bond acceptors (Lipinski definition) is 5. The lowest BCUT2D eigenvalue weighted by atomic mass is 10.2. The van der Waals surface area contributed by atoms with E-state index in [9.17, 15) is 16.8 Å². The molecule has 0 bridgehead atoms. The number of hydrogen-bond donors (Lipinski definition) is 1.